The van der Waals surface area contributed by atoms with Crippen molar-refractivity contribution in [1.82, 2.24) is 0 Å². The first-order valence-corrected chi connectivity index (χ1v) is 38.3. The molecule has 14 nitrogen and oxygen atoms in total. The Balaban J connectivity index is 2.12. The van der Waals surface area contributed by atoms with E-state index in [9.17, 15) is 4.79 Å². The van der Waals surface area contributed by atoms with Gasteiger partial charge < -0.3 is 54.4 Å². The Morgan fingerprint density at radius 1 is 0.500 bits per heavy atom. The van der Waals surface area contributed by atoms with E-state index in [2.05, 4.69) is 96.9 Å². The Bertz CT molecular complexity index is 1350. The van der Waals surface area contributed by atoms with Gasteiger partial charge in [0.15, 0.2) is 0 Å². The maximum Gasteiger partial charge on any atom is 0.486 e. The molecule has 4 saturated heterocycles. The quantitative estimate of drug-likeness (QED) is 0.0613. The summed E-state index contributed by atoms with van der Waals surface area (Å²) in [6.07, 6.45) is 1.20. The monoisotopic (exact) mass is 988 g/mol. The van der Waals surface area contributed by atoms with Gasteiger partial charge in [-0.15, -0.1) is 0 Å². The maximum absolute atomic E-state index is 13.1. The summed E-state index contributed by atoms with van der Waals surface area (Å²) in [5, 5.41) is 0. The molecule has 4 heterocycles. The van der Waals surface area contributed by atoms with Crippen LogP contribution in [0, 0.1) is 46.8 Å². The highest BCUT2D eigenvalue weighted by atomic mass is 28.6. The van der Waals surface area contributed by atoms with Crippen LogP contribution in [0.4, 0.5) is 0 Å². The second-order valence-electron chi connectivity index (χ2n) is 21.3. The molecule has 0 spiro atoms. The summed E-state index contributed by atoms with van der Waals surface area (Å²) in [7, 11) is -28.8. The third kappa shape index (κ3) is 13.9. The molecule has 0 aromatic heterocycles. The molecule has 4 aliphatic rings. The largest absolute Gasteiger partial charge is 0.486 e. The first-order chi connectivity index (χ1) is 27.6. The lowest BCUT2D eigenvalue weighted by atomic mass is 9.91. The minimum atomic E-state index is -4.01. The summed E-state index contributed by atoms with van der Waals surface area (Å²) in [4.78, 5) is 13.1. The SMILES string of the molecule is CCC(C)(C)C(=O)OCCC[SiH]1O[Si]2(CC(C)C)O[Si]3(CC(C)C)O[Si](CC(C)C)(OC)O[Si]4(CC(C)C)O[Si](CC(C)C)(O1)O[Si](CC(C)C)(O2)O[Si](CC(C)C)(O3)O4. The van der Waals surface area contributed by atoms with E-state index in [4.69, 9.17) is 54.4 Å². The number of esters is 1. The molecule has 0 aromatic rings. The summed E-state index contributed by atoms with van der Waals surface area (Å²) >= 11 is 0. The smallest absolute Gasteiger partial charge is 0.465 e. The first-order valence-electron chi connectivity index (χ1n) is 23.0. The van der Waals surface area contributed by atoms with E-state index in [1.165, 1.54) is 0 Å². The molecule has 0 N–H and O–H groups in total. The second-order valence-corrected chi connectivity index (χ2v) is 44.8. The molecule has 4 unspecified atom stereocenters. The van der Waals surface area contributed by atoms with Crippen LogP contribution >= 0.6 is 0 Å². The van der Waals surface area contributed by atoms with Crippen molar-refractivity contribution in [1.29, 1.82) is 0 Å². The van der Waals surface area contributed by atoms with Crippen LogP contribution in [0.25, 0.3) is 0 Å². The van der Waals surface area contributed by atoms with Crippen molar-refractivity contribution < 1.29 is 59.2 Å². The van der Waals surface area contributed by atoms with Crippen LogP contribution in [0.1, 0.15) is 131 Å². The normalized spacial score (nSPS) is 36.3. The molecule has 4 atom stereocenters. The number of carbonyl (C=O) groups is 1. The topological polar surface area (TPSA) is 137 Å². The Morgan fingerprint density at radius 2 is 0.800 bits per heavy atom. The van der Waals surface area contributed by atoms with Crippen molar-refractivity contribution in [2.75, 3.05) is 13.7 Å². The molecule has 60 heavy (non-hydrogen) atoms. The van der Waals surface area contributed by atoms with E-state index in [0.29, 0.717) is 61.2 Å². The van der Waals surface area contributed by atoms with Gasteiger partial charge in [-0.3, -0.25) is 4.79 Å². The average Bonchev–Trinajstić information content (AvgIpc) is 3.01. The second kappa shape index (κ2) is 20.7. The zero-order valence-electron chi connectivity index (χ0n) is 40.6. The fraction of sp³-hybridized carbons (Fsp3) is 0.974. The Morgan fingerprint density at radius 3 is 1.10 bits per heavy atom. The van der Waals surface area contributed by atoms with Crippen molar-refractivity contribution in [3.63, 3.8) is 0 Å². The summed E-state index contributed by atoms with van der Waals surface area (Å²) in [5.41, 5.74) is -0.578. The number of hydrogen-bond donors (Lipinski definition) is 0. The van der Waals surface area contributed by atoms with Crippen molar-refractivity contribution in [3.05, 3.63) is 0 Å². The van der Waals surface area contributed by atoms with Gasteiger partial charge in [0.05, 0.1) is 12.0 Å². The maximum atomic E-state index is 13.1. The van der Waals surface area contributed by atoms with E-state index in [0.717, 1.165) is 0 Å². The summed E-state index contributed by atoms with van der Waals surface area (Å²) < 4.78 is 97.7. The van der Waals surface area contributed by atoms with Crippen LogP contribution < -0.4 is 0 Å². The van der Waals surface area contributed by atoms with Crippen molar-refractivity contribution in [3.8, 4) is 0 Å². The Hall–Kier alpha value is 0.725. The van der Waals surface area contributed by atoms with Gasteiger partial charge in [0.2, 0.25) is 0 Å². The van der Waals surface area contributed by atoms with Gasteiger partial charge in [-0.2, -0.15) is 0 Å². The minimum Gasteiger partial charge on any atom is -0.465 e. The van der Waals surface area contributed by atoms with Gasteiger partial charge in [0.25, 0.3) is 0 Å². The zero-order chi connectivity index (χ0) is 45.2. The van der Waals surface area contributed by atoms with E-state index >= 15 is 0 Å². The molecule has 4 rings (SSSR count). The molecule has 0 aromatic carbocycles. The average molecular weight is 990 g/mol. The van der Waals surface area contributed by atoms with Crippen LogP contribution in [0.15, 0.2) is 0 Å². The number of carbonyl (C=O) groups excluding carboxylic acids is 1. The molecular formula is C38H84O14Si8. The third-order valence-electron chi connectivity index (χ3n) is 10.6. The van der Waals surface area contributed by atoms with Crippen LogP contribution in [0.5, 0.6) is 0 Å². The minimum absolute atomic E-state index is 0.0794. The molecule has 0 radical (unpaired) electrons. The molecular weight excluding hydrogens is 905 g/mol. The molecule has 6 bridgehead atoms. The number of ether oxygens (including phenoxy) is 1. The molecule has 4 fully saturated rings. The Kier molecular flexibility index (Phi) is 18.4. The van der Waals surface area contributed by atoms with Gasteiger partial charge in [-0.05, 0) is 74.2 Å². The van der Waals surface area contributed by atoms with Gasteiger partial charge in [0.1, 0.15) is 0 Å². The van der Waals surface area contributed by atoms with Crippen molar-refractivity contribution in [2.24, 2.45) is 46.8 Å². The Labute approximate surface area is 373 Å². The highest BCUT2D eigenvalue weighted by Gasteiger charge is 2.79. The first kappa shape index (κ1) is 53.3. The lowest BCUT2D eigenvalue weighted by molar-refractivity contribution is -0.154. The number of hydrogen-bond acceptors (Lipinski definition) is 14. The molecule has 0 aliphatic carbocycles. The fourth-order valence-corrected chi connectivity index (χ4v) is 55.9. The highest BCUT2D eigenvalue weighted by molar-refractivity contribution is 7.00. The molecule has 4 aliphatic heterocycles. The third-order valence-corrected chi connectivity index (χ3v) is 48.7. The van der Waals surface area contributed by atoms with Gasteiger partial charge in [0, 0.05) is 49.4 Å². The number of rotatable bonds is 21. The predicted molar refractivity (Wildman–Crippen MR) is 248 cm³/mol. The summed E-state index contributed by atoms with van der Waals surface area (Å²) in [5.74, 6) is 0.444. The van der Waals surface area contributed by atoms with E-state index in [1.807, 2.05) is 20.8 Å². The van der Waals surface area contributed by atoms with Gasteiger partial charge in [-0.25, -0.2) is 0 Å². The van der Waals surface area contributed by atoms with Crippen LogP contribution in [0.3, 0.4) is 0 Å². The highest BCUT2D eigenvalue weighted by Crippen LogP contribution is 2.52. The van der Waals surface area contributed by atoms with E-state index < -0.39 is 76.3 Å². The fourth-order valence-electron chi connectivity index (χ4n) is 8.35. The molecule has 0 amide bonds. The molecule has 22 heteroatoms. The predicted octanol–water partition coefficient (Wildman–Crippen LogP) is 9.62. The lowest BCUT2D eigenvalue weighted by Crippen LogP contribution is -2.84. The summed E-state index contributed by atoms with van der Waals surface area (Å²) in [6, 6.07) is 3.69. The number of fused-ring (bicyclic) bond motifs is 4. The van der Waals surface area contributed by atoms with Gasteiger partial charge >= 0.3 is 76.9 Å². The van der Waals surface area contributed by atoms with Crippen molar-refractivity contribution in [2.45, 2.75) is 179 Å². The zero-order valence-corrected chi connectivity index (χ0v) is 48.8. The van der Waals surface area contributed by atoms with Crippen molar-refractivity contribution >= 4 is 76.9 Å². The van der Waals surface area contributed by atoms with E-state index in [-0.39, 0.29) is 54.0 Å². The summed E-state index contributed by atoms with van der Waals surface area (Å²) in [6.45, 7) is 36.2. The molecule has 0 saturated carbocycles. The molecule has 352 valence electrons. The van der Waals surface area contributed by atoms with Gasteiger partial charge in [-0.1, -0.05) is 104 Å². The standard InChI is InChI=1S/C38H84O14Si8/c1-19-38(16,17)37(39)41-21-20-22-53-42-55(24-31(4)5)46-57(26-33(8)9)44-54(40-18,23-30(2)3)45-58(27-34(10)11)47-56(43-53,25-32(6)7)49-59(48-55,28-35(12)13)52-60(50-57,51-58)29-36(14)15/h30-36,53H,19-29H2,1-18H3. The van der Waals surface area contributed by atoms with Crippen LogP contribution in [-0.2, 0) is 59.2 Å². The van der Waals surface area contributed by atoms with Crippen LogP contribution in [-0.4, -0.2) is 90.6 Å². The lowest BCUT2D eigenvalue weighted by Gasteiger charge is -2.60. The van der Waals surface area contributed by atoms with E-state index in [1.54, 1.807) is 7.11 Å². The van der Waals surface area contributed by atoms with Crippen LogP contribution in [0.2, 0.25) is 48.4 Å².